The van der Waals surface area contributed by atoms with Gasteiger partial charge in [-0.25, -0.2) is 4.79 Å². The van der Waals surface area contributed by atoms with Crippen LogP contribution in [0.3, 0.4) is 0 Å². The fourth-order valence-electron chi connectivity index (χ4n) is 2.24. The van der Waals surface area contributed by atoms with Crippen LogP contribution in [0.25, 0.3) is 0 Å². The zero-order valence-corrected chi connectivity index (χ0v) is 12.4. The SMILES string of the molecule is CCCCCCCCCCn1c(O)c(N=O)c(=O)[nH]c1=O. The average molecular weight is 297 g/mol. The molecule has 0 aliphatic heterocycles. The molecule has 21 heavy (non-hydrogen) atoms. The van der Waals surface area contributed by atoms with E-state index in [4.69, 9.17) is 0 Å². The van der Waals surface area contributed by atoms with E-state index < -0.39 is 22.8 Å². The van der Waals surface area contributed by atoms with Gasteiger partial charge in [0, 0.05) is 6.54 Å². The van der Waals surface area contributed by atoms with E-state index in [1.165, 1.54) is 25.7 Å². The van der Waals surface area contributed by atoms with E-state index in [9.17, 15) is 19.6 Å². The van der Waals surface area contributed by atoms with Crippen molar-refractivity contribution in [2.45, 2.75) is 64.8 Å². The van der Waals surface area contributed by atoms with Crippen LogP contribution in [-0.4, -0.2) is 14.7 Å². The highest BCUT2D eigenvalue weighted by atomic mass is 16.3. The normalized spacial score (nSPS) is 10.7. The van der Waals surface area contributed by atoms with Crippen LogP contribution in [0, 0.1) is 4.91 Å². The van der Waals surface area contributed by atoms with Crippen molar-refractivity contribution in [1.29, 1.82) is 0 Å². The van der Waals surface area contributed by atoms with Gasteiger partial charge in [0.2, 0.25) is 11.6 Å². The van der Waals surface area contributed by atoms with E-state index in [2.05, 4.69) is 12.1 Å². The number of nitrogens with one attached hydrogen (secondary N) is 1. The minimum Gasteiger partial charge on any atom is -0.493 e. The molecule has 118 valence electrons. The molecule has 1 rings (SSSR count). The third kappa shape index (κ3) is 5.17. The molecule has 0 atom stereocenters. The van der Waals surface area contributed by atoms with Gasteiger partial charge in [0.05, 0.1) is 0 Å². The molecule has 0 saturated heterocycles. The molecule has 0 bridgehead atoms. The number of aromatic nitrogens is 2. The maximum absolute atomic E-state index is 11.6. The number of rotatable bonds is 10. The van der Waals surface area contributed by atoms with E-state index in [1.54, 1.807) is 0 Å². The molecule has 1 heterocycles. The first kappa shape index (κ1) is 17.1. The Bertz CT molecular complexity index is 562. The summed E-state index contributed by atoms with van der Waals surface area (Å²) >= 11 is 0. The zero-order valence-electron chi connectivity index (χ0n) is 12.4. The van der Waals surface area contributed by atoms with Gasteiger partial charge in [-0.3, -0.25) is 14.3 Å². The van der Waals surface area contributed by atoms with Crippen LogP contribution < -0.4 is 11.2 Å². The minimum absolute atomic E-state index is 0.263. The Labute approximate surface area is 123 Å². The van der Waals surface area contributed by atoms with Gasteiger partial charge >= 0.3 is 5.69 Å². The van der Waals surface area contributed by atoms with Crippen LogP contribution in [0.5, 0.6) is 5.88 Å². The molecule has 1 aromatic heterocycles. The molecule has 0 aromatic carbocycles. The molecule has 0 amide bonds. The van der Waals surface area contributed by atoms with Gasteiger partial charge in [-0.05, 0) is 11.6 Å². The summed E-state index contributed by atoms with van der Waals surface area (Å²) in [7, 11) is 0. The second kappa shape index (κ2) is 9.10. The zero-order chi connectivity index (χ0) is 15.7. The molecule has 0 fully saturated rings. The first-order valence-electron chi connectivity index (χ1n) is 7.51. The second-order valence-corrected chi connectivity index (χ2v) is 5.15. The molecule has 1 aromatic rings. The lowest BCUT2D eigenvalue weighted by molar-refractivity contribution is 0.394. The van der Waals surface area contributed by atoms with Crippen molar-refractivity contribution in [3.05, 3.63) is 25.7 Å². The van der Waals surface area contributed by atoms with Crippen LogP contribution >= 0.6 is 0 Å². The van der Waals surface area contributed by atoms with Gasteiger partial charge in [-0.1, -0.05) is 51.9 Å². The average Bonchev–Trinajstić information content (AvgIpc) is 2.45. The Hall–Kier alpha value is -1.92. The molecule has 0 aliphatic rings. The Kier molecular flexibility index (Phi) is 7.42. The molecule has 7 nitrogen and oxygen atoms in total. The Morgan fingerprint density at radius 1 is 1.05 bits per heavy atom. The monoisotopic (exact) mass is 297 g/mol. The third-order valence-corrected chi connectivity index (χ3v) is 3.47. The molecule has 0 saturated carbocycles. The topological polar surface area (TPSA) is 105 Å². The summed E-state index contributed by atoms with van der Waals surface area (Å²) in [5, 5.41) is 12.2. The third-order valence-electron chi connectivity index (χ3n) is 3.47. The predicted molar refractivity (Wildman–Crippen MR) is 81.1 cm³/mol. The summed E-state index contributed by atoms with van der Waals surface area (Å²) in [4.78, 5) is 35.2. The molecule has 0 radical (unpaired) electrons. The Morgan fingerprint density at radius 3 is 2.19 bits per heavy atom. The number of aromatic hydroxyl groups is 1. The van der Waals surface area contributed by atoms with E-state index in [0.717, 1.165) is 23.8 Å². The van der Waals surface area contributed by atoms with Crippen LogP contribution in [0.4, 0.5) is 5.69 Å². The largest absolute Gasteiger partial charge is 0.493 e. The highest BCUT2D eigenvalue weighted by Gasteiger charge is 2.14. The van der Waals surface area contributed by atoms with Gasteiger partial charge in [-0.15, -0.1) is 4.91 Å². The summed E-state index contributed by atoms with van der Waals surface area (Å²) in [5.41, 5.74) is -2.32. The molecule has 0 unspecified atom stereocenters. The van der Waals surface area contributed by atoms with E-state index in [0.29, 0.717) is 6.42 Å². The molecule has 0 spiro atoms. The van der Waals surface area contributed by atoms with Crippen molar-refractivity contribution in [3.8, 4) is 5.88 Å². The van der Waals surface area contributed by atoms with Crippen molar-refractivity contribution in [2.24, 2.45) is 5.18 Å². The van der Waals surface area contributed by atoms with Gasteiger partial charge in [0.25, 0.3) is 5.56 Å². The molecular formula is C14H23N3O4. The summed E-state index contributed by atoms with van der Waals surface area (Å²) in [6, 6.07) is 0. The minimum atomic E-state index is -0.959. The quantitative estimate of drug-likeness (QED) is 0.511. The summed E-state index contributed by atoms with van der Waals surface area (Å²) in [5.74, 6) is -0.651. The van der Waals surface area contributed by atoms with Crippen LogP contribution in [0.2, 0.25) is 0 Å². The maximum atomic E-state index is 11.6. The van der Waals surface area contributed by atoms with Gasteiger partial charge in [0.1, 0.15) is 0 Å². The second-order valence-electron chi connectivity index (χ2n) is 5.15. The van der Waals surface area contributed by atoms with E-state index in [1.807, 2.05) is 4.98 Å². The number of nitrogens with zero attached hydrogens (tertiary/aromatic N) is 2. The summed E-state index contributed by atoms with van der Waals surface area (Å²) in [6.07, 6.45) is 8.83. The number of aromatic amines is 1. The number of nitroso groups, excluding NO2 is 1. The lowest BCUT2D eigenvalue weighted by atomic mass is 10.1. The lowest BCUT2D eigenvalue weighted by Gasteiger charge is -2.08. The molecule has 2 N–H and O–H groups in total. The van der Waals surface area contributed by atoms with Gasteiger partial charge in [0.15, 0.2) is 0 Å². The summed E-state index contributed by atoms with van der Waals surface area (Å²) < 4.78 is 0.981. The maximum Gasteiger partial charge on any atom is 0.331 e. The molecule has 0 aliphatic carbocycles. The smallest absolute Gasteiger partial charge is 0.331 e. The fraction of sp³-hybridized carbons (Fsp3) is 0.714. The van der Waals surface area contributed by atoms with Gasteiger partial charge in [-0.2, -0.15) is 0 Å². The van der Waals surface area contributed by atoms with Crippen LogP contribution in [-0.2, 0) is 6.54 Å². The fourth-order valence-corrected chi connectivity index (χ4v) is 2.24. The summed E-state index contributed by atoms with van der Waals surface area (Å²) in [6.45, 7) is 2.44. The number of hydrogen-bond acceptors (Lipinski definition) is 5. The van der Waals surface area contributed by atoms with Crippen LogP contribution in [0.1, 0.15) is 58.3 Å². The number of unbranched alkanes of at least 4 members (excludes halogenated alkanes) is 7. The van der Waals surface area contributed by atoms with Gasteiger partial charge < -0.3 is 5.11 Å². The first-order valence-corrected chi connectivity index (χ1v) is 7.51. The molecular weight excluding hydrogens is 274 g/mol. The van der Waals surface area contributed by atoms with Crippen molar-refractivity contribution in [3.63, 3.8) is 0 Å². The van der Waals surface area contributed by atoms with Crippen molar-refractivity contribution in [1.82, 2.24) is 9.55 Å². The highest BCUT2D eigenvalue weighted by Crippen LogP contribution is 2.19. The van der Waals surface area contributed by atoms with E-state index >= 15 is 0 Å². The van der Waals surface area contributed by atoms with Crippen molar-refractivity contribution >= 4 is 5.69 Å². The molecule has 7 heteroatoms. The Balaban J connectivity index is 2.44. The van der Waals surface area contributed by atoms with E-state index in [-0.39, 0.29) is 6.54 Å². The number of H-pyrrole nitrogens is 1. The van der Waals surface area contributed by atoms with Crippen molar-refractivity contribution < 1.29 is 5.11 Å². The predicted octanol–water partition coefficient (Wildman–Crippen LogP) is 2.78. The lowest BCUT2D eigenvalue weighted by Crippen LogP contribution is -2.29. The first-order chi connectivity index (χ1) is 10.1. The highest BCUT2D eigenvalue weighted by molar-refractivity contribution is 5.43. The Morgan fingerprint density at radius 2 is 1.62 bits per heavy atom. The number of hydrogen-bond donors (Lipinski definition) is 2. The standard InChI is InChI=1S/C14H23N3O4/c1-2-3-4-5-6-7-8-9-10-17-13(19)11(16-21)12(18)15-14(17)20/h19H,2-10H2,1H3,(H,15,18,20). The van der Waals surface area contributed by atoms with Crippen molar-refractivity contribution in [2.75, 3.05) is 0 Å². The van der Waals surface area contributed by atoms with Crippen LogP contribution in [0.15, 0.2) is 14.8 Å².